The lowest BCUT2D eigenvalue weighted by molar-refractivity contribution is 0.112. The number of hydrogen-bond acceptors (Lipinski definition) is 3. The van der Waals surface area contributed by atoms with Crippen molar-refractivity contribution in [1.82, 2.24) is 0 Å². The lowest BCUT2D eigenvalue weighted by atomic mass is 10.3. The molecule has 0 heterocycles. The molecule has 0 aliphatic carbocycles. The Morgan fingerprint density at radius 2 is 1.62 bits per heavy atom. The fourth-order valence-electron chi connectivity index (χ4n) is 1.04. The van der Waals surface area contributed by atoms with Crippen molar-refractivity contribution < 1.29 is 9.47 Å². The molecule has 0 unspecified atom stereocenters. The highest BCUT2D eigenvalue weighted by Crippen LogP contribution is 2.35. The zero-order chi connectivity index (χ0) is 12.0. The van der Waals surface area contributed by atoms with Crippen molar-refractivity contribution in [3.63, 3.8) is 0 Å². The zero-order valence-electron chi connectivity index (χ0n) is 8.38. The Balaban J connectivity index is 2.47. The first-order valence-electron chi connectivity index (χ1n) is 4.61. The van der Waals surface area contributed by atoms with Gasteiger partial charge in [0.1, 0.15) is 6.61 Å². The van der Waals surface area contributed by atoms with Gasteiger partial charge in [-0.2, -0.15) is 12.6 Å². The third-order valence-electron chi connectivity index (χ3n) is 1.67. The highest BCUT2D eigenvalue weighted by Gasteiger charge is 2.08. The van der Waals surface area contributed by atoms with E-state index in [0.29, 0.717) is 46.4 Å². The average Bonchev–Trinajstić information content (AvgIpc) is 2.20. The standard InChI is InChI=1S/C10H11Cl3O2S/c11-7-5-8(12)10(9(13)6-7)15-2-1-14-3-4-16/h5-6,16H,1-4H2. The van der Waals surface area contributed by atoms with E-state index >= 15 is 0 Å². The molecule has 6 heteroatoms. The minimum absolute atomic E-state index is 0.384. The first-order chi connectivity index (χ1) is 7.65. The van der Waals surface area contributed by atoms with Crippen LogP contribution in [0.5, 0.6) is 5.75 Å². The summed E-state index contributed by atoms with van der Waals surface area (Å²) >= 11 is 21.6. The summed E-state index contributed by atoms with van der Waals surface area (Å²) in [7, 11) is 0. The molecule has 1 aromatic carbocycles. The lowest BCUT2D eigenvalue weighted by Gasteiger charge is -2.10. The maximum atomic E-state index is 5.93. The number of thiol groups is 1. The number of halogens is 3. The van der Waals surface area contributed by atoms with Crippen molar-refractivity contribution in [2.45, 2.75) is 0 Å². The molecule has 0 saturated carbocycles. The van der Waals surface area contributed by atoms with Crippen LogP contribution in [-0.4, -0.2) is 25.6 Å². The fourth-order valence-corrected chi connectivity index (χ4v) is 2.09. The van der Waals surface area contributed by atoms with Gasteiger partial charge in [0.15, 0.2) is 5.75 Å². The van der Waals surface area contributed by atoms with Crippen molar-refractivity contribution in [3.05, 3.63) is 27.2 Å². The van der Waals surface area contributed by atoms with E-state index in [9.17, 15) is 0 Å². The van der Waals surface area contributed by atoms with E-state index in [4.69, 9.17) is 44.3 Å². The maximum absolute atomic E-state index is 5.93. The van der Waals surface area contributed by atoms with Crippen LogP contribution < -0.4 is 4.74 Å². The van der Waals surface area contributed by atoms with E-state index in [2.05, 4.69) is 12.6 Å². The Bertz CT molecular complexity index is 324. The minimum atomic E-state index is 0.384. The molecule has 0 atom stereocenters. The Morgan fingerprint density at radius 1 is 1.00 bits per heavy atom. The quantitative estimate of drug-likeness (QED) is 0.633. The van der Waals surface area contributed by atoms with Crippen molar-refractivity contribution in [3.8, 4) is 5.75 Å². The van der Waals surface area contributed by atoms with Crippen molar-refractivity contribution in [2.75, 3.05) is 25.6 Å². The molecule has 0 amide bonds. The summed E-state index contributed by atoms with van der Waals surface area (Å²) in [4.78, 5) is 0. The Hall–Kier alpha value is 0.200. The Kier molecular flexibility index (Phi) is 6.70. The molecule has 0 aliphatic heterocycles. The molecule has 0 spiro atoms. The topological polar surface area (TPSA) is 18.5 Å². The third-order valence-corrected chi connectivity index (χ3v) is 2.64. The summed E-state index contributed by atoms with van der Waals surface area (Å²) in [6.07, 6.45) is 0. The molecule has 16 heavy (non-hydrogen) atoms. The summed E-state index contributed by atoms with van der Waals surface area (Å²) in [6, 6.07) is 3.16. The van der Waals surface area contributed by atoms with Gasteiger partial charge in [-0.3, -0.25) is 0 Å². The number of ether oxygens (including phenoxy) is 2. The molecule has 1 aromatic rings. The molecule has 0 fully saturated rings. The van der Waals surface area contributed by atoms with Gasteiger partial charge in [0.05, 0.1) is 23.3 Å². The number of hydrogen-bond donors (Lipinski definition) is 1. The van der Waals surface area contributed by atoms with Crippen LogP contribution in [0.25, 0.3) is 0 Å². The first kappa shape index (κ1) is 14.3. The van der Waals surface area contributed by atoms with Crippen molar-refractivity contribution in [1.29, 1.82) is 0 Å². The molecular weight excluding hydrogens is 291 g/mol. The summed E-state index contributed by atoms with van der Waals surface area (Å²) in [6.45, 7) is 1.44. The minimum Gasteiger partial charge on any atom is -0.488 e. The zero-order valence-corrected chi connectivity index (χ0v) is 11.5. The van der Waals surface area contributed by atoms with Crippen LogP contribution >= 0.6 is 47.4 Å². The predicted molar refractivity (Wildman–Crippen MR) is 71.6 cm³/mol. The second kappa shape index (κ2) is 7.51. The SMILES string of the molecule is SCCOCCOc1c(Cl)cc(Cl)cc1Cl. The molecule has 90 valence electrons. The van der Waals surface area contributed by atoms with Gasteiger partial charge in [0.25, 0.3) is 0 Å². The number of rotatable bonds is 6. The summed E-state index contributed by atoms with van der Waals surface area (Å²) in [5, 5.41) is 1.27. The van der Waals surface area contributed by atoms with Gasteiger partial charge < -0.3 is 9.47 Å². The van der Waals surface area contributed by atoms with Gasteiger partial charge in [-0.25, -0.2) is 0 Å². The normalized spacial score (nSPS) is 10.5. The van der Waals surface area contributed by atoms with Crippen molar-refractivity contribution >= 4 is 47.4 Å². The average molecular weight is 302 g/mol. The van der Waals surface area contributed by atoms with Crippen LogP contribution in [-0.2, 0) is 4.74 Å². The van der Waals surface area contributed by atoms with Gasteiger partial charge in [-0.1, -0.05) is 34.8 Å². The summed E-state index contributed by atoms with van der Waals surface area (Å²) in [5.41, 5.74) is 0. The third kappa shape index (κ3) is 4.60. The largest absolute Gasteiger partial charge is 0.488 e. The van der Waals surface area contributed by atoms with E-state index in [0.717, 1.165) is 0 Å². The van der Waals surface area contributed by atoms with E-state index in [1.165, 1.54) is 0 Å². The highest BCUT2D eigenvalue weighted by molar-refractivity contribution is 7.80. The van der Waals surface area contributed by atoms with Gasteiger partial charge in [0, 0.05) is 10.8 Å². The van der Waals surface area contributed by atoms with Gasteiger partial charge in [0.2, 0.25) is 0 Å². The Labute approximate surface area is 115 Å². The molecule has 0 bridgehead atoms. The lowest BCUT2D eigenvalue weighted by Crippen LogP contribution is -2.08. The predicted octanol–water partition coefficient (Wildman–Crippen LogP) is 3.97. The fraction of sp³-hybridized carbons (Fsp3) is 0.400. The second-order valence-electron chi connectivity index (χ2n) is 2.88. The van der Waals surface area contributed by atoms with Crippen LogP contribution in [0.15, 0.2) is 12.1 Å². The molecule has 0 saturated heterocycles. The van der Waals surface area contributed by atoms with Crippen LogP contribution in [0.1, 0.15) is 0 Å². The molecule has 0 radical (unpaired) electrons. The smallest absolute Gasteiger partial charge is 0.156 e. The molecule has 0 aliphatic rings. The van der Waals surface area contributed by atoms with Crippen LogP contribution in [0.2, 0.25) is 15.1 Å². The first-order valence-corrected chi connectivity index (χ1v) is 6.37. The molecule has 1 rings (SSSR count). The van der Waals surface area contributed by atoms with Crippen LogP contribution in [0, 0.1) is 0 Å². The monoisotopic (exact) mass is 300 g/mol. The van der Waals surface area contributed by atoms with Crippen LogP contribution in [0.4, 0.5) is 0 Å². The molecule has 0 N–H and O–H groups in total. The molecular formula is C10H11Cl3O2S. The van der Waals surface area contributed by atoms with E-state index < -0.39 is 0 Å². The highest BCUT2D eigenvalue weighted by atomic mass is 35.5. The van der Waals surface area contributed by atoms with Gasteiger partial charge >= 0.3 is 0 Å². The van der Waals surface area contributed by atoms with E-state index in [-0.39, 0.29) is 0 Å². The number of benzene rings is 1. The maximum Gasteiger partial charge on any atom is 0.156 e. The summed E-state index contributed by atoms with van der Waals surface area (Å²) in [5.74, 6) is 1.12. The molecule has 2 nitrogen and oxygen atoms in total. The van der Waals surface area contributed by atoms with Crippen LogP contribution in [0.3, 0.4) is 0 Å². The van der Waals surface area contributed by atoms with Gasteiger partial charge in [-0.05, 0) is 12.1 Å². The summed E-state index contributed by atoms with van der Waals surface area (Å²) < 4.78 is 10.6. The van der Waals surface area contributed by atoms with Crippen molar-refractivity contribution in [2.24, 2.45) is 0 Å². The van der Waals surface area contributed by atoms with Gasteiger partial charge in [-0.15, -0.1) is 0 Å². The van der Waals surface area contributed by atoms with E-state index in [1.807, 2.05) is 0 Å². The molecule has 0 aromatic heterocycles. The Morgan fingerprint density at radius 3 is 2.19 bits per heavy atom. The second-order valence-corrected chi connectivity index (χ2v) is 4.58. The van der Waals surface area contributed by atoms with E-state index in [1.54, 1.807) is 12.1 Å².